The van der Waals surface area contributed by atoms with Gasteiger partial charge in [0.2, 0.25) is 0 Å². The minimum absolute atomic E-state index is 0.568. The van der Waals surface area contributed by atoms with E-state index in [4.69, 9.17) is 10.00 Å². The molecule has 1 aliphatic rings. The van der Waals surface area contributed by atoms with E-state index in [1.165, 1.54) is 12.8 Å². The molecule has 0 saturated heterocycles. The van der Waals surface area contributed by atoms with E-state index >= 15 is 0 Å². The van der Waals surface area contributed by atoms with E-state index in [9.17, 15) is 0 Å². The SMILES string of the molecule is Cc1cc(Oc2cn[nH]c2C2CC2)cc(C)c1C#N. The van der Waals surface area contributed by atoms with Crippen molar-refractivity contribution in [1.29, 1.82) is 5.26 Å². The maximum absolute atomic E-state index is 9.07. The third kappa shape index (κ3) is 2.19. The molecule has 4 heteroatoms. The Morgan fingerprint density at radius 2 is 2.00 bits per heavy atom. The standard InChI is InChI=1S/C15H15N3O/c1-9-5-12(6-10(2)13(9)7-16)19-14-8-17-18-15(14)11-3-4-11/h5-6,8,11H,3-4H2,1-2H3,(H,17,18). The van der Waals surface area contributed by atoms with E-state index in [2.05, 4.69) is 16.3 Å². The van der Waals surface area contributed by atoms with Gasteiger partial charge < -0.3 is 4.74 Å². The van der Waals surface area contributed by atoms with Crippen LogP contribution in [0.2, 0.25) is 0 Å². The van der Waals surface area contributed by atoms with Gasteiger partial charge in [-0.1, -0.05) is 0 Å². The Morgan fingerprint density at radius 1 is 1.32 bits per heavy atom. The zero-order chi connectivity index (χ0) is 13.4. The summed E-state index contributed by atoms with van der Waals surface area (Å²) in [7, 11) is 0. The van der Waals surface area contributed by atoms with Gasteiger partial charge in [0.15, 0.2) is 5.75 Å². The second-order valence-corrected chi connectivity index (χ2v) is 5.07. The topological polar surface area (TPSA) is 61.7 Å². The van der Waals surface area contributed by atoms with E-state index in [1.54, 1.807) is 6.20 Å². The average molecular weight is 253 g/mol. The minimum atomic E-state index is 0.568. The number of hydrogen-bond donors (Lipinski definition) is 1. The van der Waals surface area contributed by atoms with Crippen molar-refractivity contribution in [2.24, 2.45) is 0 Å². The molecule has 1 saturated carbocycles. The van der Waals surface area contributed by atoms with Crippen LogP contribution >= 0.6 is 0 Å². The summed E-state index contributed by atoms with van der Waals surface area (Å²) in [5.41, 5.74) is 3.68. The first-order chi connectivity index (χ1) is 9.19. The Hall–Kier alpha value is -2.28. The Kier molecular flexibility index (Phi) is 2.75. The van der Waals surface area contributed by atoms with Crippen molar-refractivity contribution < 1.29 is 4.74 Å². The predicted molar refractivity (Wildman–Crippen MR) is 71.3 cm³/mol. The molecule has 0 aliphatic heterocycles. The largest absolute Gasteiger partial charge is 0.454 e. The van der Waals surface area contributed by atoms with Crippen molar-refractivity contribution in [2.75, 3.05) is 0 Å². The zero-order valence-electron chi connectivity index (χ0n) is 11.0. The molecule has 2 aromatic rings. The van der Waals surface area contributed by atoms with Gasteiger partial charge in [0.25, 0.3) is 0 Å². The van der Waals surface area contributed by atoms with Crippen LogP contribution in [-0.4, -0.2) is 10.2 Å². The van der Waals surface area contributed by atoms with Gasteiger partial charge >= 0.3 is 0 Å². The van der Waals surface area contributed by atoms with Crippen LogP contribution in [0.15, 0.2) is 18.3 Å². The van der Waals surface area contributed by atoms with Crippen LogP contribution in [0.25, 0.3) is 0 Å². The molecule has 0 radical (unpaired) electrons. The van der Waals surface area contributed by atoms with Crippen LogP contribution in [0.1, 0.15) is 41.1 Å². The first-order valence-corrected chi connectivity index (χ1v) is 6.41. The minimum Gasteiger partial charge on any atom is -0.454 e. The van der Waals surface area contributed by atoms with Gasteiger partial charge in [-0.2, -0.15) is 10.4 Å². The van der Waals surface area contributed by atoms with E-state index in [-0.39, 0.29) is 0 Å². The monoisotopic (exact) mass is 253 g/mol. The zero-order valence-corrected chi connectivity index (χ0v) is 11.0. The van der Waals surface area contributed by atoms with Crippen molar-refractivity contribution in [3.8, 4) is 17.6 Å². The number of hydrogen-bond acceptors (Lipinski definition) is 3. The van der Waals surface area contributed by atoms with Crippen LogP contribution in [0.3, 0.4) is 0 Å². The molecular formula is C15H15N3O. The first-order valence-electron chi connectivity index (χ1n) is 6.41. The highest BCUT2D eigenvalue weighted by atomic mass is 16.5. The lowest BCUT2D eigenvalue weighted by Crippen LogP contribution is -1.92. The molecule has 1 aromatic carbocycles. The van der Waals surface area contributed by atoms with Crippen LogP contribution in [-0.2, 0) is 0 Å². The molecule has 1 aromatic heterocycles. The van der Waals surface area contributed by atoms with Gasteiger partial charge in [-0.25, -0.2) is 0 Å². The number of nitrogens with zero attached hydrogens (tertiary/aromatic N) is 2. The normalized spacial score (nSPS) is 14.2. The summed E-state index contributed by atoms with van der Waals surface area (Å²) in [4.78, 5) is 0. The number of H-pyrrole nitrogens is 1. The number of aryl methyl sites for hydroxylation is 2. The number of nitrogens with one attached hydrogen (secondary N) is 1. The van der Waals surface area contributed by atoms with E-state index < -0.39 is 0 Å². The number of ether oxygens (including phenoxy) is 1. The quantitative estimate of drug-likeness (QED) is 0.909. The van der Waals surface area contributed by atoms with Gasteiger partial charge in [-0.3, -0.25) is 5.10 Å². The molecular weight excluding hydrogens is 238 g/mol. The van der Waals surface area contributed by atoms with Gasteiger partial charge in [0.1, 0.15) is 5.75 Å². The number of benzene rings is 1. The summed E-state index contributed by atoms with van der Waals surface area (Å²) in [6.45, 7) is 3.85. The molecule has 0 spiro atoms. The van der Waals surface area contributed by atoms with Gasteiger partial charge in [-0.15, -0.1) is 0 Å². The van der Waals surface area contributed by atoms with Crippen LogP contribution in [0.5, 0.6) is 11.5 Å². The maximum atomic E-state index is 9.07. The fourth-order valence-electron chi connectivity index (χ4n) is 2.32. The number of aromatic nitrogens is 2. The third-order valence-corrected chi connectivity index (χ3v) is 3.46. The summed E-state index contributed by atoms with van der Waals surface area (Å²) < 4.78 is 5.91. The molecule has 0 amide bonds. The number of nitriles is 1. The summed E-state index contributed by atoms with van der Waals surface area (Å²) in [6.07, 6.45) is 4.12. The highest BCUT2D eigenvalue weighted by Gasteiger charge is 2.28. The molecule has 4 nitrogen and oxygen atoms in total. The second-order valence-electron chi connectivity index (χ2n) is 5.07. The fraction of sp³-hybridized carbons (Fsp3) is 0.333. The summed E-state index contributed by atoms with van der Waals surface area (Å²) in [6, 6.07) is 6.01. The molecule has 1 N–H and O–H groups in total. The Bertz CT molecular complexity index is 639. The molecule has 19 heavy (non-hydrogen) atoms. The van der Waals surface area contributed by atoms with Crippen molar-refractivity contribution in [3.63, 3.8) is 0 Å². The fourth-order valence-corrected chi connectivity index (χ4v) is 2.32. The Balaban J connectivity index is 1.91. The van der Waals surface area contributed by atoms with E-state index in [0.29, 0.717) is 5.92 Å². The molecule has 1 fully saturated rings. The Morgan fingerprint density at radius 3 is 2.58 bits per heavy atom. The smallest absolute Gasteiger partial charge is 0.168 e. The van der Waals surface area contributed by atoms with Crippen molar-refractivity contribution >= 4 is 0 Å². The van der Waals surface area contributed by atoms with Gasteiger partial charge in [0.05, 0.1) is 23.5 Å². The molecule has 96 valence electrons. The lowest BCUT2D eigenvalue weighted by Gasteiger charge is -2.09. The molecule has 3 rings (SSSR count). The van der Waals surface area contributed by atoms with Crippen LogP contribution < -0.4 is 4.74 Å². The summed E-state index contributed by atoms with van der Waals surface area (Å²) in [5.74, 6) is 2.13. The summed E-state index contributed by atoms with van der Waals surface area (Å²) in [5, 5.41) is 16.1. The lowest BCUT2D eigenvalue weighted by atomic mass is 10.0. The van der Waals surface area contributed by atoms with Gasteiger partial charge in [-0.05, 0) is 49.9 Å². The molecule has 1 heterocycles. The molecule has 1 aliphatic carbocycles. The summed E-state index contributed by atoms with van der Waals surface area (Å²) >= 11 is 0. The van der Waals surface area contributed by atoms with E-state index in [0.717, 1.165) is 33.9 Å². The molecule has 0 unspecified atom stereocenters. The Labute approximate surface area is 112 Å². The molecule has 0 bridgehead atoms. The van der Waals surface area contributed by atoms with Crippen LogP contribution in [0, 0.1) is 25.2 Å². The lowest BCUT2D eigenvalue weighted by molar-refractivity contribution is 0.475. The van der Waals surface area contributed by atoms with Crippen LogP contribution in [0.4, 0.5) is 0 Å². The predicted octanol–water partition coefficient (Wildman–Crippen LogP) is 3.57. The van der Waals surface area contributed by atoms with Crippen molar-refractivity contribution in [1.82, 2.24) is 10.2 Å². The second kappa shape index (κ2) is 4.43. The van der Waals surface area contributed by atoms with Crippen molar-refractivity contribution in [2.45, 2.75) is 32.6 Å². The maximum Gasteiger partial charge on any atom is 0.168 e. The number of rotatable bonds is 3. The van der Waals surface area contributed by atoms with Crippen molar-refractivity contribution in [3.05, 3.63) is 40.7 Å². The van der Waals surface area contributed by atoms with Gasteiger partial charge in [0, 0.05) is 5.92 Å². The van der Waals surface area contributed by atoms with E-state index in [1.807, 2.05) is 26.0 Å². The number of aromatic amines is 1. The molecule has 0 atom stereocenters. The average Bonchev–Trinajstić information content (AvgIpc) is 3.10. The highest BCUT2D eigenvalue weighted by Crippen LogP contribution is 2.44. The third-order valence-electron chi connectivity index (χ3n) is 3.46. The first kappa shape index (κ1) is 11.8. The highest BCUT2D eigenvalue weighted by molar-refractivity contribution is 5.49.